The van der Waals surface area contributed by atoms with E-state index >= 15 is 0 Å². The molecule has 0 atom stereocenters. The molecule has 1 amide bonds. The number of nitrogens with one attached hydrogen (secondary N) is 1. The van der Waals surface area contributed by atoms with E-state index in [9.17, 15) is 18.0 Å². The molecule has 0 saturated carbocycles. The van der Waals surface area contributed by atoms with Crippen molar-refractivity contribution in [2.75, 3.05) is 22.4 Å². The molecule has 3 rings (SSSR count). The third-order valence-corrected chi connectivity index (χ3v) is 6.75. The van der Waals surface area contributed by atoms with Crippen LogP contribution in [0, 0.1) is 0 Å². The number of hydrogen-bond acceptors (Lipinski definition) is 5. The first-order chi connectivity index (χ1) is 13.6. The van der Waals surface area contributed by atoms with Crippen LogP contribution in [0.25, 0.3) is 10.2 Å². The molecule has 1 heterocycles. The topological polar surface area (TPSA) is 88.5 Å². The molecule has 0 aliphatic heterocycles. The molecule has 2 aromatic carbocycles. The van der Waals surface area contributed by atoms with Crippen LogP contribution in [0.2, 0.25) is 0 Å². The third-order valence-electron chi connectivity index (χ3n) is 4.20. The SMILES string of the molecule is CC(C)n1c(=O)sc2cc(NC(=O)CN(c3cccc(Br)c3)S(C)(=O)=O)ccc21. The molecule has 0 spiro atoms. The van der Waals surface area contributed by atoms with E-state index in [2.05, 4.69) is 21.2 Å². The second-order valence-electron chi connectivity index (χ2n) is 6.81. The summed E-state index contributed by atoms with van der Waals surface area (Å²) >= 11 is 4.42. The molecule has 1 aromatic heterocycles. The highest BCUT2D eigenvalue weighted by Crippen LogP contribution is 2.25. The van der Waals surface area contributed by atoms with E-state index in [0.717, 1.165) is 32.1 Å². The fourth-order valence-electron chi connectivity index (χ4n) is 2.97. The van der Waals surface area contributed by atoms with Crippen molar-refractivity contribution >= 4 is 64.8 Å². The molecular formula is C19H20BrN3O4S2. The van der Waals surface area contributed by atoms with Gasteiger partial charge < -0.3 is 5.32 Å². The van der Waals surface area contributed by atoms with Gasteiger partial charge in [-0.05, 0) is 50.2 Å². The Morgan fingerprint density at radius 2 is 1.97 bits per heavy atom. The molecule has 0 saturated heterocycles. The predicted octanol–water partition coefficient (Wildman–Crippen LogP) is 3.81. The standard InChI is InChI=1S/C19H20BrN3O4S2/c1-12(2)23-16-8-7-14(10-17(16)28-19(23)25)21-18(24)11-22(29(3,26)27)15-6-4-5-13(20)9-15/h4-10,12H,11H2,1-3H3,(H,21,24). The smallest absolute Gasteiger partial charge is 0.308 e. The number of carbonyl (C=O) groups excluding carboxylic acids is 1. The summed E-state index contributed by atoms with van der Waals surface area (Å²) in [6.07, 6.45) is 1.05. The number of nitrogens with zero attached hydrogens (tertiary/aromatic N) is 2. The van der Waals surface area contributed by atoms with Crippen LogP contribution in [-0.2, 0) is 14.8 Å². The number of carbonyl (C=O) groups is 1. The van der Waals surface area contributed by atoms with Gasteiger partial charge in [0.1, 0.15) is 6.54 Å². The summed E-state index contributed by atoms with van der Waals surface area (Å²) in [6, 6.07) is 12.0. The first-order valence-corrected chi connectivity index (χ1v) is 12.2. The summed E-state index contributed by atoms with van der Waals surface area (Å²) in [6.45, 7) is 3.51. The summed E-state index contributed by atoms with van der Waals surface area (Å²) in [4.78, 5) is 24.7. The lowest BCUT2D eigenvalue weighted by Crippen LogP contribution is -2.37. The lowest BCUT2D eigenvalue weighted by molar-refractivity contribution is -0.114. The average Bonchev–Trinajstić information content (AvgIpc) is 2.93. The van der Waals surface area contributed by atoms with Crippen molar-refractivity contribution in [3.8, 4) is 0 Å². The van der Waals surface area contributed by atoms with E-state index in [-0.39, 0.29) is 17.5 Å². The van der Waals surface area contributed by atoms with Gasteiger partial charge in [0.25, 0.3) is 0 Å². The van der Waals surface area contributed by atoms with Gasteiger partial charge in [0.15, 0.2) is 0 Å². The maximum Gasteiger partial charge on any atom is 0.308 e. The second kappa shape index (κ2) is 8.29. The summed E-state index contributed by atoms with van der Waals surface area (Å²) in [5, 5.41) is 2.72. The molecule has 0 fully saturated rings. The Kier molecular flexibility index (Phi) is 6.16. The van der Waals surface area contributed by atoms with Crippen molar-refractivity contribution in [1.29, 1.82) is 0 Å². The van der Waals surface area contributed by atoms with Crippen LogP contribution in [0.5, 0.6) is 0 Å². The zero-order valence-electron chi connectivity index (χ0n) is 16.0. The van der Waals surface area contributed by atoms with Crippen LogP contribution in [0.3, 0.4) is 0 Å². The second-order valence-corrected chi connectivity index (χ2v) is 10.6. The molecule has 3 aromatic rings. The Labute approximate surface area is 181 Å². The normalized spacial score (nSPS) is 11.8. The highest BCUT2D eigenvalue weighted by Gasteiger charge is 2.21. The summed E-state index contributed by atoms with van der Waals surface area (Å²) in [7, 11) is -3.66. The molecule has 0 aliphatic rings. The Bertz CT molecular complexity index is 1230. The fraction of sp³-hybridized carbons (Fsp3) is 0.263. The van der Waals surface area contributed by atoms with Gasteiger partial charge in [-0.1, -0.05) is 33.3 Å². The van der Waals surface area contributed by atoms with Crippen molar-refractivity contribution in [1.82, 2.24) is 4.57 Å². The molecule has 0 bridgehead atoms. The summed E-state index contributed by atoms with van der Waals surface area (Å²) in [5.41, 5.74) is 1.70. The number of amides is 1. The van der Waals surface area contributed by atoms with Gasteiger partial charge in [0.2, 0.25) is 15.9 Å². The van der Waals surface area contributed by atoms with Gasteiger partial charge in [-0.15, -0.1) is 0 Å². The minimum absolute atomic E-state index is 0.0326. The molecule has 0 unspecified atom stereocenters. The van der Waals surface area contributed by atoms with Gasteiger partial charge in [0, 0.05) is 16.2 Å². The minimum atomic E-state index is -3.66. The zero-order chi connectivity index (χ0) is 21.3. The maximum atomic E-state index is 12.6. The highest BCUT2D eigenvalue weighted by molar-refractivity contribution is 9.10. The number of sulfonamides is 1. The van der Waals surface area contributed by atoms with Crippen LogP contribution in [0.4, 0.5) is 11.4 Å². The Morgan fingerprint density at radius 1 is 1.24 bits per heavy atom. The van der Waals surface area contributed by atoms with Crippen molar-refractivity contribution in [3.63, 3.8) is 0 Å². The van der Waals surface area contributed by atoms with Crippen molar-refractivity contribution in [3.05, 3.63) is 56.6 Å². The van der Waals surface area contributed by atoms with Crippen LogP contribution in [-0.4, -0.2) is 31.7 Å². The fourth-order valence-corrected chi connectivity index (χ4v) is 5.25. The molecule has 7 nitrogen and oxygen atoms in total. The number of aromatic nitrogens is 1. The zero-order valence-corrected chi connectivity index (χ0v) is 19.3. The highest BCUT2D eigenvalue weighted by atomic mass is 79.9. The number of hydrogen-bond donors (Lipinski definition) is 1. The number of halogens is 1. The summed E-state index contributed by atoms with van der Waals surface area (Å²) in [5.74, 6) is -0.481. The monoisotopic (exact) mass is 497 g/mol. The van der Waals surface area contributed by atoms with E-state index in [0.29, 0.717) is 15.8 Å². The lowest BCUT2D eigenvalue weighted by Gasteiger charge is -2.22. The third kappa shape index (κ3) is 4.88. The molecule has 29 heavy (non-hydrogen) atoms. The van der Waals surface area contributed by atoms with Gasteiger partial charge in [-0.2, -0.15) is 0 Å². The molecular weight excluding hydrogens is 478 g/mol. The van der Waals surface area contributed by atoms with Crippen LogP contribution >= 0.6 is 27.3 Å². The lowest BCUT2D eigenvalue weighted by atomic mass is 10.2. The Hall–Kier alpha value is -2.17. The number of anilines is 2. The van der Waals surface area contributed by atoms with Crippen LogP contribution in [0.1, 0.15) is 19.9 Å². The van der Waals surface area contributed by atoms with Gasteiger partial charge >= 0.3 is 4.87 Å². The van der Waals surface area contributed by atoms with Crippen molar-refractivity contribution in [2.45, 2.75) is 19.9 Å². The van der Waals surface area contributed by atoms with E-state index < -0.39 is 15.9 Å². The van der Waals surface area contributed by atoms with Gasteiger partial charge in [-0.3, -0.25) is 18.5 Å². The molecule has 10 heteroatoms. The van der Waals surface area contributed by atoms with E-state index in [1.807, 2.05) is 13.8 Å². The molecule has 154 valence electrons. The maximum absolute atomic E-state index is 12.6. The number of thiazole rings is 1. The first-order valence-electron chi connectivity index (χ1n) is 8.74. The van der Waals surface area contributed by atoms with E-state index in [4.69, 9.17) is 0 Å². The van der Waals surface area contributed by atoms with Crippen molar-refractivity contribution < 1.29 is 13.2 Å². The number of fused-ring (bicyclic) bond motifs is 1. The van der Waals surface area contributed by atoms with Gasteiger partial charge in [0.05, 0.1) is 22.2 Å². The molecule has 1 N–H and O–H groups in total. The quantitative estimate of drug-likeness (QED) is 0.560. The number of benzene rings is 2. The van der Waals surface area contributed by atoms with Crippen LogP contribution < -0.4 is 14.5 Å². The number of rotatable bonds is 6. The summed E-state index contributed by atoms with van der Waals surface area (Å²) < 4.78 is 28.6. The van der Waals surface area contributed by atoms with Crippen LogP contribution in [0.15, 0.2) is 51.7 Å². The average molecular weight is 498 g/mol. The molecule has 0 radical (unpaired) electrons. The van der Waals surface area contributed by atoms with E-state index in [1.165, 1.54) is 0 Å². The molecule has 0 aliphatic carbocycles. The van der Waals surface area contributed by atoms with Crippen molar-refractivity contribution in [2.24, 2.45) is 0 Å². The largest absolute Gasteiger partial charge is 0.324 e. The Morgan fingerprint density at radius 3 is 2.59 bits per heavy atom. The van der Waals surface area contributed by atoms with E-state index in [1.54, 1.807) is 47.0 Å². The minimum Gasteiger partial charge on any atom is -0.324 e. The first kappa shape index (κ1) is 21.5. The Balaban J connectivity index is 1.84. The predicted molar refractivity (Wildman–Crippen MR) is 121 cm³/mol. The van der Waals surface area contributed by atoms with Gasteiger partial charge in [-0.25, -0.2) is 8.42 Å².